The van der Waals surface area contributed by atoms with E-state index in [0.717, 1.165) is 5.57 Å². The Morgan fingerprint density at radius 3 is 2.53 bits per heavy atom. The quantitative estimate of drug-likeness (QED) is 0.859. The molecule has 0 amide bonds. The summed E-state index contributed by atoms with van der Waals surface area (Å²) in [6.07, 6.45) is 3.80. The molecule has 4 heteroatoms. The monoisotopic (exact) mass is 241 g/mol. The third-order valence-corrected chi connectivity index (χ3v) is 3.56. The first-order valence-corrected chi connectivity index (χ1v) is 5.80. The average Bonchev–Trinajstić information content (AvgIpc) is 2.75. The van der Waals surface area contributed by atoms with E-state index in [1.807, 2.05) is 19.1 Å². The molecule has 1 saturated carbocycles. The van der Waals surface area contributed by atoms with Crippen molar-refractivity contribution in [1.29, 1.82) is 0 Å². The highest BCUT2D eigenvalue weighted by Crippen LogP contribution is 2.40. The molecule has 2 N–H and O–H groups in total. The molecule has 0 aromatic carbocycles. The summed E-state index contributed by atoms with van der Waals surface area (Å²) < 4.78 is 31.4. The molecule has 0 radical (unpaired) electrons. The van der Waals surface area contributed by atoms with Crippen LogP contribution in [0.2, 0.25) is 0 Å². The second kappa shape index (κ2) is 4.26. The molecule has 1 aromatic heterocycles. The molecule has 0 atom stereocenters. The van der Waals surface area contributed by atoms with Gasteiger partial charge in [-0.1, -0.05) is 0 Å². The van der Waals surface area contributed by atoms with Gasteiger partial charge in [0.1, 0.15) is 5.76 Å². The molecule has 1 aromatic rings. The zero-order valence-electron chi connectivity index (χ0n) is 9.88. The van der Waals surface area contributed by atoms with Crippen LogP contribution in [-0.4, -0.2) is 11.5 Å². The fourth-order valence-electron chi connectivity index (χ4n) is 2.19. The van der Waals surface area contributed by atoms with Crippen LogP contribution in [0.5, 0.6) is 0 Å². The van der Waals surface area contributed by atoms with Gasteiger partial charge in [-0.15, -0.1) is 0 Å². The lowest BCUT2D eigenvalue weighted by Gasteiger charge is -2.37. The van der Waals surface area contributed by atoms with Crippen molar-refractivity contribution < 1.29 is 13.2 Å². The lowest BCUT2D eigenvalue weighted by Crippen LogP contribution is -2.47. The molecule has 1 fully saturated rings. The van der Waals surface area contributed by atoms with Crippen LogP contribution in [0.3, 0.4) is 0 Å². The average molecular weight is 241 g/mol. The minimum atomic E-state index is -2.55. The number of hydrogen-bond donors (Lipinski definition) is 1. The Labute approximate surface area is 99.5 Å². The molecule has 2 rings (SSSR count). The summed E-state index contributed by atoms with van der Waals surface area (Å²) in [6.45, 7) is 1.88. The van der Waals surface area contributed by atoms with Gasteiger partial charge in [-0.3, -0.25) is 0 Å². The highest BCUT2D eigenvalue weighted by atomic mass is 19.3. The second-order valence-corrected chi connectivity index (χ2v) is 4.85. The Morgan fingerprint density at radius 1 is 1.35 bits per heavy atom. The van der Waals surface area contributed by atoms with Crippen molar-refractivity contribution in [3.8, 4) is 0 Å². The molecule has 1 heterocycles. The van der Waals surface area contributed by atoms with E-state index in [9.17, 15) is 8.78 Å². The van der Waals surface area contributed by atoms with Crippen molar-refractivity contribution in [2.75, 3.05) is 0 Å². The van der Waals surface area contributed by atoms with Gasteiger partial charge in [-0.25, -0.2) is 8.78 Å². The highest BCUT2D eigenvalue weighted by molar-refractivity contribution is 5.50. The molecule has 0 bridgehead atoms. The minimum Gasteiger partial charge on any atom is -0.465 e. The van der Waals surface area contributed by atoms with Crippen LogP contribution in [-0.2, 0) is 0 Å². The summed E-state index contributed by atoms with van der Waals surface area (Å²) in [5.74, 6) is -1.84. The smallest absolute Gasteiger partial charge is 0.248 e. The lowest BCUT2D eigenvalue weighted by atomic mass is 9.76. The van der Waals surface area contributed by atoms with Gasteiger partial charge in [0.25, 0.3) is 0 Å². The maximum atomic E-state index is 13.1. The molecule has 0 unspecified atom stereocenters. The summed E-state index contributed by atoms with van der Waals surface area (Å²) in [4.78, 5) is 0. The summed E-state index contributed by atoms with van der Waals surface area (Å²) in [7, 11) is 0. The molecule has 1 aliphatic rings. The van der Waals surface area contributed by atoms with E-state index in [1.54, 1.807) is 12.3 Å². The lowest BCUT2D eigenvalue weighted by molar-refractivity contribution is -0.0460. The van der Waals surface area contributed by atoms with Gasteiger partial charge in [0.15, 0.2) is 0 Å². The van der Waals surface area contributed by atoms with Gasteiger partial charge in [-0.05, 0) is 43.5 Å². The zero-order chi connectivity index (χ0) is 12.5. The molecule has 17 heavy (non-hydrogen) atoms. The van der Waals surface area contributed by atoms with Gasteiger partial charge >= 0.3 is 0 Å². The molecular formula is C13H17F2NO. The zero-order valence-corrected chi connectivity index (χ0v) is 9.88. The Bertz CT molecular complexity index is 399. The van der Waals surface area contributed by atoms with Gasteiger partial charge in [-0.2, -0.15) is 0 Å². The molecule has 0 saturated heterocycles. The summed E-state index contributed by atoms with van der Waals surface area (Å²) >= 11 is 0. The summed E-state index contributed by atoms with van der Waals surface area (Å²) in [5.41, 5.74) is 6.49. The van der Waals surface area contributed by atoms with Crippen LogP contribution in [0.4, 0.5) is 8.78 Å². The predicted octanol–water partition coefficient (Wildman–Crippen LogP) is 3.59. The standard InChI is InChI=1S/C13H17F2NO/c1-10(9-11-3-2-8-17-11)12(16)4-6-13(14,15)7-5-12/h2-3,8-9H,4-7,16H2,1H3/b10-9-. The van der Waals surface area contributed by atoms with Crippen molar-refractivity contribution in [2.45, 2.75) is 44.1 Å². The Hall–Kier alpha value is -1.16. The number of hydrogen-bond acceptors (Lipinski definition) is 2. The molecule has 0 aliphatic heterocycles. The highest BCUT2D eigenvalue weighted by Gasteiger charge is 2.41. The Balaban J connectivity index is 2.12. The van der Waals surface area contributed by atoms with E-state index in [0.29, 0.717) is 18.6 Å². The van der Waals surface area contributed by atoms with Crippen molar-refractivity contribution >= 4 is 6.08 Å². The van der Waals surface area contributed by atoms with Crippen LogP contribution >= 0.6 is 0 Å². The summed E-state index contributed by atoms with van der Waals surface area (Å²) in [5, 5.41) is 0. The molecular weight excluding hydrogens is 224 g/mol. The van der Waals surface area contributed by atoms with Crippen molar-refractivity contribution in [3.05, 3.63) is 29.7 Å². The van der Waals surface area contributed by atoms with Crippen molar-refractivity contribution in [2.24, 2.45) is 5.73 Å². The first-order chi connectivity index (χ1) is 7.91. The van der Waals surface area contributed by atoms with Crippen LogP contribution in [0, 0.1) is 0 Å². The normalized spacial score (nSPS) is 23.6. The van der Waals surface area contributed by atoms with Gasteiger partial charge in [0.2, 0.25) is 5.92 Å². The maximum Gasteiger partial charge on any atom is 0.248 e. The molecule has 0 spiro atoms. The van der Waals surface area contributed by atoms with Crippen LogP contribution in [0.25, 0.3) is 6.08 Å². The van der Waals surface area contributed by atoms with Crippen LogP contribution in [0.15, 0.2) is 28.4 Å². The minimum absolute atomic E-state index is 0.132. The molecule has 2 nitrogen and oxygen atoms in total. The van der Waals surface area contributed by atoms with Crippen molar-refractivity contribution in [1.82, 2.24) is 0 Å². The van der Waals surface area contributed by atoms with E-state index in [1.165, 1.54) is 0 Å². The predicted molar refractivity (Wildman–Crippen MR) is 62.7 cm³/mol. The largest absolute Gasteiger partial charge is 0.465 e. The van der Waals surface area contributed by atoms with Crippen molar-refractivity contribution in [3.63, 3.8) is 0 Å². The molecule has 94 valence electrons. The van der Waals surface area contributed by atoms with Gasteiger partial charge < -0.3 is 10.2 Å². The van der Waals surface area contributed by atoms with Gasteiger partial charge in [0.05, 0.1) is 6.26 Å². The Kier molecular flexibility index (Phi) is 3.08. The Morgan fingerprint density at radius 2 is 2.00 bits per heavy atom. The summed E-state index contributed by atoms with van der Waals surface area (Å²) in [6, 6.07) is 3.61. The molecule has 1 aliphatic carbocycles. The van der Waals surface area contributed by atoms with Gasteiger partial charge in [0, 0.05) is 18.4 Å². The van der Waals surface area contributed by atoms with E-state index in [4.69, 9.17) is 10.2 Å². The van der Waals surface area contributed by atoms with Crippen LogP contribution in [0.1, 0.15) is 38.4 Å². The SMILES string of the molecule is C/C(=C/c1ccco1)C1(N)CCC(F)(F)CC1. The van der Waals surface area contributed by atoms with E-state index in [-0.39, 0.29) is 12.8 Å². The number of rotatable bonds is 2. The fraction of sp³-hybridized carbons (Fsp3) is 0.538. The first kappa shape index (κ1) is 12.3. The van der Waals surface area contributed by atoms with E-state index in [2.05, 4.69) is 0 Å². The van der Waals surface area contributed by atoms with Crippen LogP contribution < -0.4 is 5.73 Å². The first-order valence-electron chi connectivity index (χ1n) is 5.80. The number of halogens is 2. The number of furan rings is 1. The number of nitrogens with two attached hydrogens (primary N) is 1. The fourth-order valence-corrected chi connectivity index (χ4v) is 2.19. The second-order valence-electron chi connectivity index (χ2n) is 4.85. The van der Waals surface area contributed by atoms with E-state index >= 15 is 0 Å². The topological polar surface area (TPSA) is 39.2 Å². The third kappa shape index (κ3) is 2.75. The maximum absolute atomic E-state index is 13.1. The number of alkyl halides is 2. The third-order valence-electron chi connectivity index (χ3n) is 3.56. The van der Waals surface area contributed by atoms with E-state index < -0.39 is 11.5 Å².